The van der Waals surface area contributed by atoms with Gasteiger partial charge >= 0.3 is 0 Å². The number of amides is 2. The number of aryl methyl sites for hydroxylation is 1. The van der Waals surface area contributed by atoms with E-state index in [1.54, 1.807) is 29.2 Å². The van der Waals surface area contributed by atoms with Crippen molar-refractivity contribution < 1.29 is 9.59 Å². The summed E-state index contributed by atoms with van der Waals surface area (Å²) in [4.78, 5) is 31.9. The number of fused-ring (bicyclic) bond motifs is 1. The van der Waals surface area contributed by atoms with E-state index in [-0.39, 0.29) is 35.5 Å². The largest absolute Gasteiger partial charge is 0.348 e. The molecule has 2 aliphatic carbocycles. The highest BCUT2D eigenvalue weighted by Crippen LogP contribution is 2.53. The lowest BCUT2D eigenvalue weighted by molar-refractivity contribution is -0.119. The van der Waals surface area contributed by atoms with Gasteiger partial charge in [-0.15, -0.1) is 5.10 Å². The van der Waals surface area contributed by atoms with E-state index in [1.807, 2.05) is 24.8 Å². The van der Waals surface area contributed by atoms with Gasteiger partial charge in [-0.2, -0.15) is 5.26 Å². The van der Waals surface area contributed by atoms with Crippen LogP contribution in [0, 0.1) is 41.9 Å². The molecule has 3 fully saturated rings. The van der Waals surface area contributed by atoms with Crippen molar-refractivity contribution in [2.75, 3.05) is 11.4 Å². The minimum absolute atomic E-state index is 0.0381. The van der Waals surface area contributed by atoms with Gasteiger partial charge in [0.1, 0.15) is 0 Å². The zero-order chi connectivity index (χ0) is 27.8. The summed E-state index contributed by atoms with van der Waals surface area (Å²) >= 11 is 5.91. The molecule has 3 aliphatic rings. The van der Waals surface area contributed by atoms with Crippen LogP contribution in [0.4, 0.5) is 5.69 Å². The molecular weight excluding hydrogens is 514 g/mol. The van der Waals surface area contributed by atoms with E-state index in [0.29, 0.717) is 34.8 Å². The fourth-order valence-electron chi connectivity index (χ4n) is 5.79. The van der Waals surface area contributed by atoms with Crippen molar-refractivity contribution in [3.8, 4) is 6.07 Å². The lowest BCUT2D eigenvalue weighted by Gasteiger charge is -2.35. The summed E-state index contributed by atoms with van der Waals surface area (Å²) in [7, 11) is 0. The second-order valence-corrected chi connectivity index (χ2v) is 11.4. The Kier molecular flexibility index (Phi) is 7.41. The van der Waals surface area contributed by atoms with E-state index in [4.69, 9.17) is 11.6 Å². The molecule has 3 heterocycles. The second kappa shape index (κ2) is 10.8. The molecule has 0 aromatic carbocycles. The van der Waals surface area contributed by atoms with Crippen LogP contribution in [0.2, 0.25) is 0 Å². The Balaban J connectivity index is 1.15. The Hall–Kier alpha value is -3.77. The molecule has 5 rings (SSSR count). The number of pyridine rings is 1. The Morgan fingerprint density at radius 1 is 1.38 bits per heavy atom. The summed E-state index contributed by atoms with van der Waals surface area (Å²) in [5.41, 5.74) is 3.50. The van der Waals surface area contributed by atoms with Crippen LogP contribution in [0.25, 0.3) is 0 Å². The number of aromatic nitrogens is 4. The van der Waals surface area contributed by atoms with Crippen molar-refractivity contribution in [2.24, 2.45) is 23.7 Å². The van der Waals surface area contributed by atoms with Gasteiger partial charge in [0.05, 0.1) is 35.9 Å². The lowest BCUT2D eigenvalue weighted by Crippen LogP contribution is -2.44. The SMILES string of the molecule is C=C/C(Cl)=C\C=C(\C#N)C[C@H]1C[C@@H](NC(=O)c2cn(C(C)c3ncc(N4CC5C(C4=O)[C@@H]5C)cc3C)nn2)C1. The first-order chi connectivity index (χ1) is 18.7. The third-order valence-electron chi connectivity index (χ3n) is 8.32. The van der Waals surface area contributed by atoms with Crippen LogP contribution < -0.4 is 10.2 Å². The highest BCUT2D eigenvalue weighted by molar-refractivity contribution is 6.31. The van der Waals surface area contributed by atoms with Gasteiger partial charge in [-0.25, -0.2) is 4.68 Å². The Morgan fingerprint density at radius 2 is 2.15 bits per heavy atom. The van der Waals surface area contributed by atoms with Crippen LogP contribution in [-0.2, 0) is 4.79 Å². The van der Waals surface area contributed by atoms with Crippen molar-refractivity contribution in [3.05, 3.63) is 70.8 Å². The highest BCUT2D eigenvalue weighted by Gasteiger charge is 2.59. The molecule has 1 aliphatic heterocycles. The van der Waals surface area contributed by atoms with Crippen LogP contribution in [-0.4, -0.2) is 44.4 Å². The van der Waals surface area contributed by atoms with E-state index < -0.39 is 0 Å². The minimum atomic E-state index is -0.269. The van der Waals surface area contributed by atoms with Gasteiger partial charge in [0, 0.05) is 29.1 Å². The Morgan fingerprint density at radius 3 is 2.79 bits per heavy atom. The quantitative estimate of drug-likeness (QED) is 0.367. The summed E-state index contributed by atoms with van der Waals surface area (Å²) in [6.45, 7) is 10.4. The maximum Gasteiger partial charge on any atom is 0.273 e. The monoisotopic (exact) mass is 545 g/mol. The average molecular weight is 546 g/mol. The van der Waals surface area contributed by atoms with E-state index >= 15 is 0 Å². The molecule has 1 saturated heterocycles. The van der Waals surface area contributed by atoms with Crippen molar-refractivity contribution >= 4 is 29.1 Å². The van der Waals surface area contributed by atoms with Gasteiger partial charge < -0.3 is 10.2 Å². The summed E-state index contributed by atoms with van der Waals surface area (Å²) in [5.74, 6) is 1.40. The van der Waals surface area contributed by atoms with Crippen LogP contribution in [0.3, 0.4) is 0 Å². The molecule has 2 saturated carbocycles. The van der Waals surface area contributed by atoms with E-state index in [1.165, 1.54) is 6.08 Å². The fraction of sp³-hybridized carbons (Fsp3) is 0.448. The second-order valence-electron chi connectivity index (χ2n) is 10.9. The number of nitrogens with zero attached hydrogens (tertiary/aromatic N) is 6. The molecule has 10 heteroatoms. The number of anilines is 1. The van der Waals surface area contributed by atoms with Gasteiger partial charge in [0.2, 0.25) is 5.91 Å². The number of carbonyl (C=O) groups excluding carboxylic acids is 2. The average Bonchev–Trinajstić information content (AvgIpc) is 3.23. The van der Waals surface area contributed by atoms with Gasteiger partial charge in [-0.3, -0.25) is 14.6 Å². The molecule has 0 spiro atoms. The zero-order valence-corrected chi connectivity index (χ0v) is 23.1. The number of rotatable bonds is 9. The summed E-state index contributed by atoms with van der Waals surface area (Å²) in [6.07, 6.45) is 10.5. The molecule has 4 atom stereocenters. The third kappa shape index (κ3) is 5.39. The van der Waals surface area contributed by atoms with Gasteiger partial charge in [0.25, 0.3) is 5.91 Å². The normalized spacial score (nSPS) is 26.9. The highest BCUT2D eigenvalue weighted by atomic mass is 35.5. The number of nitriles is 1. The standard InChI is InChI=1S/C29H32ClN7O2/c1-5-21(30)7-6-19(12-31)9-20-10-22(11-20)33-28(38)25-15-37(35-34-25)18(4)27-16(2)8-23(13-32-27)36-14-24-17(3)26(24)29(36)39/h5-8,13,15,17-18,20,22,24,26H,1,9-11,14H2,2-4H3,(H,33,38)/b19-6+,21-7+/t17-,18?,20-,22+,24?,26?/m1/s1. The summed E-state index contributed by atoms with van der Waals surface area (Å²) in [5, 5.41) is 21.1. The number of nitrogens with one attached hydrogen (secondary N) is 1. The molecule has 202 valence electrons. The van der Waals surface area contributed by atoms with Gasteiger partial charge in [-0.05, 0) is 74.6 Å². The molecule has 2 aromatic heterocycles. The smallest absolute Gasteiger partial charge is 0.273 e. The Bertz CT molecular complexity index is 1410. The zero-order valence-electron chi connectivity index (χ0n) is 22.3. The molecule has 0 bridgehead atoms. The molecule has 3 unspecified atom stereocenters. The minimum Gasteiger partial charge on any atom is -0.348 e. The number of hydrogen-bond acceptors (Lipinski definition) is 6. The number of piperidine rings is 1. The number of carbonyl (C=O) groups is 2. The van der Waals surface area contributed by atoms with Crippen LogP contribution in [0.1, 0.15) is 60.9 Å². The third-order valence-corrected chi connectivity index (χ3v) is 8.60. The molecule has 0 radical (unpaired) electrons. The maximum atomic E-state index is 12.8. The lowest BCUT2D eigenvalue weighted by atomic mass is 9.76. The maximum absolute atomic E-state index is 12.8. The van der Waals surface area contributed by atoms with Crippen LogP contribution in [0.15, 0.2) is 53.9 Å². The van der Waals surface area contributed by atoms with E-state index in [9.17, 15) is 14.9 Å². The fourth-order valence-corrected chi connectivity index (χ4v) is 5.85. The molecule has 2 aromatic rings. The first-order valence-corrected chi connectivity index (χ1v) is 13.7. The summed E-state index contributed by atoms with van der Waals surface area (Å²) in [6, 6.07) is 4.02. The predicted molar refractivity (Wildman–Crippen MR) is 148 cm³/mol. The number of hydrogen-bond donors (Lipinski definition) is 1. The topological polar surface area (TPSA) is 117 Å². The summed E-state index contributed by atoms with van der Waals surface area (Å²) < 4.78 is 1.64. The number of allylic oxidation sites excluding steroid dienone is 5. The van der Waals surface area contributed by atoms with Gasteiger partial charge in [0.15, 0.2) is 5.69 Å². The van der Waals surface area contributed by atoms with E-state index in [2.05, 4.69) is 40.2 Å². The van der Waals surface area contributed by atoms with Crippen molar-refractivity contribution in [2.45, 2.75) is 52.1 Å². The molecule has 39 heavy (non-hydrogen) atoms. The molecule has 9 nitrogen and oxygen atoms in total. The first kappa shape index (κ1) is 26.8. The van der Waals surface area contributed by atoms with Crippen LogP contribution >= 0.6 is 11.6 Å². The van der Waals surface area contributed by atoms with Gasteiger partial charge in [-0.1, -0.05) is 36.4 Å². The van der Waals surface area contributed by atoms with Crippen molar-refractivity contribution in [1.29, 1.82) is 5.26 Å². The molecular formula is C29H32ClN7O2. The van der Waals surface area contributed by atoms with Crippen molar-refractivity contribution in [3.63, 3.8) is 0 Å². The number of halogens is 1. The molecule has 2 amide bonds. The predicted octanol–water partition coefficient (Wildman–Crippen LogP) is 4.48. The Labute approximate surface area is 233 Å². The van der Waals surface area contributed by atoms with Crippen molar-refractivity contribution in [1.82, 2.24) is 25.3 Å². The first-order valence-electron chi connectivity index (χ1n) is 13.3. The van der Waals surface area contributed by atoms with Crippen LogP contribution in [0.5, 0.6) is 0 Å². The van der Waals surface area contributed by atoms with E-state index in [0.717, 1.165) is 36.3 Å². The molecule has 1 N–H and O–H groups in total.